The van der Waals surface area contributed by atoms with Gasteiger partial charge in [0.1, 0.15) is 0 Å². The molecule has 0 aromatic heterocycles. The summed E-state index contributed by atoms with van der Waals surface area (Å²) < 4.78 is 5.11. The fourth-order valence-electron chi connectivity index (χ4n) is 1.84. The molecule has 0 fully saturated rings. The lowest BCUT2D eigenvalue weighted by Gasteiger charge is -2.34. The van der Waals surface area contributed by atoms with Crippen LogP contribution in [0.5, 0.6) is 0 Å². The van der Waals surface area contributed by atoms with Crippen LogP contribution in [0.4, 0.5) is 0 Å². The molecule has 15 heavy (non-hydrogen) atoms. The summed E-state index contributed by atoms with van der Waals surface area (Å²) in [5.41, 5.74) is 6.18. The zero-order valence-electron chi connectivity index (χ0n) is 11.0. The highest BCUT2D eigenvalue weighted by molar-refractivity contribution is 4.83. The van der Waals surface area contributed by atoms with E-state index in [4.69, 9.17) is 10.5 Å². The van der Waals surface area contributed by atoms with E-state index in [-0.39, 0.29) is 5.54 Å². The molecule has 0 aliphatic rings. The van der Waals surface area contributed by atoms with Gasteiger partial charge in [-0.25, -0.2) is 0 Å². The van der Waals surface area contributed by atoms with Crippen molar-refractivity contribution in [2.24, 2.45) is 5.73 Å². The molecule has 0 aliphatic carbocycles. The van der Waals surface area contributed by atoms with Gasteiger partial charge in [0.05, 0.1) is 6.61 Å². The largest absolute Gasteiger partial charge is 0.383 e. The van der Waals surface area contributed by atoms with Crippen molar-refractivity contribution in [3.63, 3.8) is 0 Å². The Bertz CT molecular complexity index is 158. The van der Waals surface area contributed by atoms with E-state index in [0.29, 0.717) is 6.04 Å². The van der Waals surface area contributed by atoms with Crippen molar-refractivity contribution in [2.75, 3.05) is 26.8 Å². The van der Waals surface area contributed by atoms with Crippen molar-refractivity contribution >= 4 is 0 Å². The van der Waals surface area contributed by atoms with Crippen molar-refractivity contribution in [3.05, 3.63) is 0 Å². The fraction of sp³-hybridized carbons (Fsp3) is 1.00. The minimum atomic E-state index is -0.0766. The van der Waals surface area contributed by atoms with E-state index in [1.807, 2.05) is 0 Å². The number of rotatable bonds is 8. The summed E-state index contributed by atoms with van der Waals surface area (Å²) in [6.07, 6.45) is 2.21. The Kier molecular flexibility index (Phi) is 7.14. The molecule has 0 aromatic carbocycles. The second-order valence-electron chi connectivity index (χ2n) is 4.96. The maximum Gasteiger partial charge on any atom is 0.0589 e. The van der Waals surface area contributed by atoms with Gasteiger partial charge in [0, 0.05) is 31.8 Å². The Morgan fingerprint density at radius 3 is 2.40 bits per heavy atom. The van der Waals surface area contributed by atoms with Crippen LogP contribution in [0.1, 0.15) is 40.5 Å². The van der Waals surface area contributed by atoms with Crippen LogP contribution in [0.25, 0.3) is 0 Å². The second kappa shape index (κ2) is 7.20. The molecule has 2 N–H and O–H groups in total. The Hall–Kier alpha value is -0.120. The van der Waals surface area contributed by atoms with E-state index in [0.717, 1.165) is 32.5 Å². The summed E-state index contributed by atoms with van der Waals surface area (Å²) in [6, 6.07) is 0.528. The predicted molar refractivity (Wildman–Crippen MR) is 66.1 cm³/mol. The van der Waals surface area contributed by atoms with Crippen LogP contribution in [0.3, 0.4) is 0 Å². The Morgan fingerprint density at radius 2 is 2.00 bits per heavy atom. The molecule has 1 atom stereocenters. The second-order valence-corrected chi connectivity index (χ2v) is 4.96. The summed E-state index contributed by atoms with van der Waals surface area (Å²) >= 11 is 0. The molecule has 1 unspecified atom stereocenters. The molecule has 0 aromatic rings. The van der Waals surface area contributed by atoms with E-state index >= 15 is 0 Å². The highest BCUT2D eigenvalue weighted by atomic mass is 16.5. The zero-order chi connectivity index (χ0) is 11.9. The number of hydrogen-bond donors (Lipinski definition) is 1. The molecular formula is C12H28N2O. The van der Waals surface area contributed by atoms with Crippen LogP contribution in [-0.4, -0.2) is 43.3 Å². The van der Waals surface area contributed by atoms with Crippen molar-refractivity contribution < 1.29 is 4.74 Å². The smallest absolute Gasteiger partial charge is 0.0589 e. The van der Waals surface area contributed by atoms with Crippen LogP contribution in [-0.2, 0) is 4.74 Å². The molecular weight excluding hydrogens is 188 g/mol. The first-order valence-electron chi connectivity index (χ1n) is 5.95. The van der Waals surface area contributed by atoms with Crippen molar-refractivity contribution in [1.29, 1.82) is 0 Å². The SMILES string of the molecule is CCCC(C)(N)CN(CCOC)C(C)C. The van der Waals surface area contributed by atoms with Crippen LogP contribution in [0, 0.1) is 0 Å². The first kappa shape index (κ1) is 14.9. The zero-order valence-corrected chi connectivity index (χ0v) is 11.0. The van der Waals surface area contributed by atoms with Gasteiger partial charge in [0.15, 0.2) is 0 Å². The summed E-state index contributed by atoms with van der Waals surface area (Å²) in [7, 11) is 1.74. The third-order valence-electron chi connectivity index (χ3n) is 2.70. The maximum atomic E-state index is 6.26. The summed E-state index contributed by atoms with van der Waals surface area (Å²) in [5.74, 6) is 0. The van der Waals surface area contributed by atoms with E-state index in [2.05, 4.69) is 32.6 Å². The van der Waals surface area contributed by atoms with Gasteiger partial charge in [0.2, 0.25) is 0 Å². The predicted octanol–water partition coefficient (Wildman–Crippen LogP) is 1.86. The normalized spacial score (nSPS) is 16.0. The summed E-state index contributed by atoms with van der Waals surface area (Å²) in [5, 5.41) is 0. The van der Waals surface area contributed by atoms with E-state index in [1.54, 1.807) is 7.11 Å². The number of ether oxygens (including phenoxy) is 1. The van der Waals surface area contributed by atoms with E-state index in [1.165, 1.54) is 0 Å². The highest BCUT2D eigenvalue weighted by Gasteiger charge is 2.22. The number of methoxy groups -OCH3 is 1. The fourth-order valence-corrected chi connectivity index (χ4v) is 1.84. The lowest BCUT2D eigenvalue weighted by molar-refractivity contribution is 0.110. The van der Waals surface area contributed by atoms with Gasteiger partial charge < -0.3 is 10.5 Å². The highest BCUT2D eigenvalue weighted by Crippen LogP contribution is 2.12. The molecule has 0 radical (unpaired) electrons. The van der Waals surface area contributed by atoms with Gasteiger partial charge in [-0.1, -0.05) is 13.3 Å². The molecule has 0 aliphatic heterocycles. The minimum absolute atomic E-state index is 0.0766. The molecule has 0 amide bonds. The summed E-state index contributed by atoms with van der Waals surface area (Å²) in [4.78, 5) is 2.39. The van der Waals surface area contributed by atoms with Crippen molar-refractivity contribution in [1.82, 2.24) is 4.90 Å². The summed E-state index contributed by atoms with van der Waals surface area (Å²) in [6.45, 7) is 11.4. The van der Waals surface area contributed by atoms with Crippen LogP contribution >= 0.6 is 0 Å². The van der Waals surface area contributed by atoms with Crippen LogP contribution in [0.2, 0.25) is 0 Å². The van der Waals surface area contributed by atoms with Gasteiger partial charge in [0.25, 0.3) is 0 Å². The first-order chi connectivity index (χ1) is 6.93. The Balaban J connectivity index is 4.14. The van der Waals surface area contributed by atoms with Gasteiger partial charge >= 0.3 is 0 Å². The van der Waals surface area contributed by atoms with Gasteiger partial charge in [-0.15, -0.1) is 0 Å². The number of nitrogens with two attached hydrogens (primary N) is 1. The van der Waals surface area contributed by atoms with Crippen molar-refractivity contribution in [3.8, 4) is 0 Å². The van der Waals surface area contributed by atoms with Crippen LogP contribution in [0.15, 0.2) is 0 Å². The number of hydrogen-bond acceptors (Lipinski definition) is 3. The average Bonchev–Trinajstić information content (AvgIpc) is 2.11. The maximum absolute atomic E-state index is 6.26. The number of nitrogens with zero attached hydrogens (tertiary/aromatic N) is 1. The topological polar surface area (TPSA) is 38.5 Å². The molecule has 0 rings (SSSR count). The monoisotopic (exact) mass is 216 g/mol. The van der Waals surface area contributed by atoms with E-state index < -0.39 is 0 Å². The van der Waals surface area contributed by atoms with Gasteiger partial charge in [-0.05, 0) is 27.2 Å². The first-order valence-corrected chi connectivity index (χ1v) is 5.95. The lowest BCUT2D eigenvalue weighted by atomic mass is 9.96. The van der Waals surface area contributed by atoms with E-state index in [9.17, 15) is 0 Å². The average molecular weight is 216 g/mol. The molecule has 0 saturated carbocycles. The molecule has 92 valence electrons. The van der Waals surface area contributed by atoms with Crippen molar-refractivity contribution in [2.45, 2.75) is 52.1 Å². The standard InChI is InChI=1S/C12H28N2O/c1-6-7-12(4,13)10-14(11(2)3)8-9-15-5/h11H,6-10,13H2,1-5H3. The Labute approximate surface area is 95.0 Å². The third kappa shape index (κ3) is 6.88. The lowest BCUT2D eigenvalue weighted by Crippen LogP contribution is -2.50. The molecule has 0 bridgehead atoms. The molecule has 0 spiro atoms. The quantitative estimate of drug-likeness (QED) is 0.673. The third-order valence-corrected chi connectivity index (χ3v) is 2.70. The minimum Gasteiger partial charge on any atom is -0.383 e. The molecule has 0 heterocycles. The molecule has 3 heteroatoms. The molecule has 0 saturated heterocycles. The van der Waals surface area contributed by atoms with Gasteiger partial charge in [-0.2, -0.15) is 0 Å². The van der Waals surface area contributed by atoms with Gasteiger partial charge in [-0.3, -0.25) is 4.90 Å². The van der Waals surface area contributed by atoms with Crippen LogP contribution < -0.4 is 5.73 Å². The Morgan fingerprint density at radius 1 is 1.40 bits per heavy atom. The molecule has 3 nitrogen and oxygen atoms in total.